The number of piperidine rings is 1. The molecule has 1 saturated heterocycles. The fourth-order valence-electron chi connectivity index (χ4n) is 2.41. The van der Waals surface area contributed by atoms with E-state index >= 15 is 0 Å². The van der Waals surface area contributed by atoms with Crippen molar-refractivity contribution in [2.75, 3.05) is 6.54 Å². The summed E-state index contributed by atoms with van der Waals surface area (Å²) in [4.78, 5) is 14.0. The summed E-state index contributed by atoms with van der Waals surface area (Å²) in [5.41, 5.74) is -0.728. The molecule has 1 aliphatic rings. The maximum Gasteiger partial charge on any atom is 0.410 e. The number of ether oxygens (including phenoxy) is 1. The van der Waals surface area contributed by atoms with E-state index in [0.29, 0.717) is 6.54 Å². The number of rotatable bonds is 1. The van der Waals surface area contributed by atoms with Crippen LogP contribution in [0.4, 0.5) is 4.79 Å². The van der Waals surface area contributed by atoms with Crippen LogP contribution in [0.25, 0.3) is 0 Å². The molecule has 4 nitrogen and oxygen atoms in total. The van der Waals surface area contributed by atoms with Gasteiger partial charge in [0, 0.05) is 6.54 Å². The third-order valence-electron chi connectivity index (χ3n) is 3.43. The second kappa shape index (κ2) is 5.70. The van der Waals surface area contributed by atoms with Crippen molar-refractivity contribution in [1.82, 2.24) is 4.90 Å². The molecule has 1 fully saturated rings. The third kappa shape index (κ3) is 4.68. The first-order valence-electron chi connectivity index (χ1n) is 7.20. The van der Waals surface area contributed by atoms with Crippen LogP contribution in [0.5, 0.6) is 0 Å². The first-order chi connectivity index (χ1) is 8.52. The topological polar surface area (TPSA) is 49.8 Å². The molecular weight excluding hydrogens is 242 g/mol. The molecule has 1 amide bonds. The van der Waals surface area contributed by atoms with Crippen LogP contribution in [-0.4, -0.2) is 40.4 Å². The van der Waals surface area contributed by atoms with Crippen LogP contribution in [0, 0.1) is 5.41 Å². The van der Waals surface area contributed by atoms with Crippen molar-refractivity contribution >= 4 is 6.09 Å². The summed E-state index contributed by atoms with van der Waals surface area (Å²) in [6, 6.07) is -0.136. The average molecular weight is 271 g/mol. The number of aliphatic hydroxyl groups excluding tert-OH is 1. The lowest BCUT2D eigenvalue weighted by molar-refractivity contribution is -0.0467. The Morgan fingerprint density at radius 2 is 1.79 bits per heavy atom. The Kier molecular flexibility index (Phi) is 4.88. The Morgan fingerprint density at radius 3 is 2.26 bits per heavy atom. The van der Waals surface area contributed by atoms with Crippen molar-refractivity contribution in [3.05, 3.63) is 0 Å². The molecule has 1 rings (SSSR count). The number of carbonyl (C=O) groups excluding carboxylic acids is 1. The smallest absolute Gasteiger partial charge is 0.410 e. The van der Waals surface area contributed by atoms with E-state index in [1.807, 2.05) is 41.5 Å². The summed E-state index contributed by atoms with van der Waals surface area (Å²) < 4.78 is 5.45. The van der Waals surface area contributed by atoms with Crippen LogP contribution in [0.3, 0.4) is 0 Å². The number of hydrogen-bond donors (Lipinski definition) is 1. The molecule has 0 aromatic heterocycles. The average Bonchev–Trinajstić information content (AvgIpc) is 2.24. The van der Waals surface area contributed by atoms with Gasteiger partial charge in [0.15, 0.2) is 0 Å². The molecule has 1 heterocycles. The molecule has 0 saturated carbocycles. The Bertz CT molecular complexity index is 314. The molecule has 1 aliphatic heterocycles. The highest BCUT2D eigenvalue weighted by molar-refractivity contribution is 5.68. The van der Waals surface area contributed by atoms with Gasteiger partial charge >= 0.3 is 6.09 Å². The van der Waals surface area contributed by atoms with E-state index in [0.717, 1.165) is 19.3 Å². The second-order valence-corrected chi connectivity index (χ2v) is 7.55. The SMILES string of the molecule is CC(C)(C)OC(=O)N1CCCC[C@@H]1[C@H](O)C(C)(C)C. The molecule has 0 bridgehead atoms. The number of hydrogen-bond acceptors (Lipinski definition) is 3. The van der Waals surface area contributed by atoms with Crippen LogP contribution < -0.4 is 0 Å². The number of amides is 1. The molecule has 112 valence electrons. The Labute approximate surface area is 117 Å². The molecule has 0 aromatic rings. The van der Waals surface area contributed by atoms with E-state index < -0.39 is 11.7 Å². The number of aliphatic hydroxyl groups is 1. The van der Waals surface area contributed by atoms with Gasteiger partial charge in [0.2, 0.25) is 0 Å². The van der Waals surface area contributed by atoms with E-state index in [1.165, 1.54) is 0 Å². The minimum atomic E-state index is -0.527. The first-order valence-corrected chi connectivity index (χ1v) is 7.20. The molecule has 1 N–H and O–H groups in total. The van der Waals surface area contributed by atoms with Gasteiger partial charge in [-0.25, -0.2) is 4.79 Å². The molecule has 0 spiro atoms. The summed E-state index contributed by atoms with van der Waals surface area (Å²) in [5.74, 6) is 0. The molecule has 0 radical (unpaired) electrons. The van der Waals surface area contributed by atoms with Crippen LogP contribution in [0.1, 0.15) is 60.8 Å². The highest BCUT2D eigenvalue weighted by Gasteiger charge is 2.39. The Hall–Kier alpha value is -0.770. The highest BCUT2D eigenvalue weighted by Crippen LogP contribution is 2.30. The van der Waals surface area contributed by atoms with Crippen LogP contribution >= 0.6 is 0 Å². The fourth-order valence-corrected chi connectivity index (χ4v) is 2.41. The standard InChI is InChI=1S/C15H29NO3/c1-14(2,3)12(17)11-9-7-8-10-16(11)13(18)19-15(4,5)6/h11-12,17H,7-10H2,1-6H3/t11-,12+/m1/s1. The van der Waals surface area contributed by atoms with Gasteiger partial charge in [-0.1, -0.05) is 20.8 Å². The number of nitrogens with zero attached hydrogens (tertiary/aromatic N) is 1. The van der Waals surface area contributed by atoms with E-state index in [4.69, 9.17) is 4.74 Å². The van der Waals surface area contributed by atoms with Crippen LogP contribution in [-0.2, 0) is 4.74 Å². The van der Waals surface area contributed by atoms with Gasteiger partial charge in [-0.2, -0.15) is 0 Å². The van der Waals surface area contributed by atoms with Gasteiger partial charge in [0.25, 0.3) is 0 Å². The van der Waals surface area contributed by atoms with Crippen molar-refractivity contribution in [2.24, 2.45) is 5.41 Å². The van der Waals surface area contributed by atoms with Crippen LogP contribution in [0.15, 0.2) is 0 Å². The molecule has 0 unspecified atom stereocenters. The lowest BCUT2D eigenvalue weighted by Crippen LogP contribution is -2.54. The quantitative estimate of drug-likeness (QED) is 0.797. The predicted molar refractivity (Wildman–Crippen MR) is 76.0 cm³/mol. The third-order valence-corrected chi connectivity index (χ3v) is 3.43. The monoisotopic (exact) mass is 271 g/mol. The lowest BCUT2D eigenvalue weighted by atomic mass is 9.81. The summed E-state index contributed by atoms with van der Waals surface area (Å²) in [7, 11) is 0. The lowest BCUT2D eigenvalue weighted by Gasteiger charge is -2.42. The fraction of sp³-hybridized carbons (Fsp3) is 0.933. The maximum absolute atomic E-state index is 12.2. The van der Waals surface area contributed by atoms with Crippen molar-refractivity contribution in [3.63, 3.8) is 0 Å². The van der Waals surface area contributed by atoms with Gasteiger partial charge < -0.3 is 14.7 Å². The Morgan fingerprint density at radius 1 is 1.21 bits per heavy atom. The summed E-state index contributed by atoms with van der Waals surface area (Å²) in [5, 5.41) is 10.5. The minimum absolute atomic E-state index is 0.136. The Balaban J connectivity index is 2.81. The normalized spacial score (nSPS) is 23.1. The van der Waals surface area contributed by atoms with Crippen LogP contribution in [0.2, 0.25) is 0 Å². The van der Waals surface area contributed by atoms with Crippen molar-refractivity contribution in [3.8, 4) is 0 Å². The highest BCUT2D eigenvalue weighted by atomic mass is 16.6. The van der Waals surface area contributed by atoms with Gasteiger partial charge in [0.05, 0.1) is 12.1 Å². The largest absolute Gasteiger partial charge is 0.444 e. The second-order valence-electron chi connectivity index (χ2n) is 7.55. The van der Waals surface area contributed by atoms with E-state index in [2.05, 4.69) is 0 Å². The summed E-state index contributed by atoms with van der Waals surface area (Å²) >= 11 is 0. The van der Waals surface area contributed by atoms with E-state index in [1.54, 1.807) is 4.90 Å². The number of carbonyl (C=O) groups is 1. The van der Waals surface area contributed by atoms with Gasteiger partial charge in [-0.15, -0.1) is 0 Å². The van der Waals surface area contributed by atoms with Crippen molar-refractivity contribution < 1.29 is 14.6 Å². The van der Waals surface area contributed by atoms with E-state index in [9.17, 15) is 9.90 Å². The van der Waals surface area contributed by atoms with Crippen molar-refractivity contribution in [2.45, 2.75) is 78.6 Å². The zero-order chi connectivity index (χ0) is 14.8. The summed E-state index contributed by atoms with van der Waals surface area (Å²) in [6.45, 7) is 12.3. The van der Waals surface area contributed by atoms with Crippen molar-refractivity contribution in [1.29, 1.82) is 0 Å². The van der Waals surface area contributed by atoms with Gasteiger partial charge in [-0.3, -0.25) is 0 Å². The zero-order valence-electron chi connectivity index (χ0n) is 13.2. The molecule has 2 atom stereocenters. The zero-order valence-corrected chi connectivity index (χ0v) is 13.2. The molecule has 0 aliphatic carbocycles. The van der Waals surface area contributed by atoms with E-state index in [-0.39, 0.29) is 17.6 Å². The molecular formula is C15H29NO3. The minimum Gasteiger partial charge on any atom is -0.444 e. The molecule has 19 heavy (non-hydrogen) atoms. The van der Waals surface area contributed by atoms with Gasteiger partial charge in [-0.05, 0) is 45.4 Å². The maximum atomic E-state index is 12.2. The molecule has 0 aromatic carbocycles. The number of likely N-dealkylation sites (tertiary alicyclic amines) is 1. The predicted octanol–water partition coefficient (Wildman–Crippen LogP) is 3.18. The molecule has 4 heteroatoms. The first kappa shape index (κ1) is 16.3. The van der Waals surface area contributed by atoms with Gasteiger partial charge in [0.1, 0.15) is 5.60 Å². The summed E-state index contributed by atoms with van der Waals surface area (Å²) in [6.07, 6.45) is 2.04.